The molecular formula is C20H38N4O5. The van der Waals surface area contributed by atoms with E-state index in [0.717, 1.165) is 26.2 Å². The molecule has 29 heavy (non-hydrogen) atoms. The van der Waals surface area contributed by atoms with E-state index in [1.165, 1.54) is 0 Å². The van der Waals surface area contributed by atoms with Crippen LogP contribution in [0.25, 0.3) is 0 Å². The molecule has 0 unspecified atom stereocenters. The summed E-state index contributed by atoms with van der Waals surface area (Å²) in [6, 6.07) is 0. The van der Waals surface area contributed by atoms with Crippen LogP contribution in [0, 0.1) is 5.41 Å². The molecule has 0 radical (unpaired) electrons. The summed E-state index contributed by atoms with van der Waals surface area (Å²) in [6.07, 6.45) is 0. The summed E-state index contributed by atoms with van der Waals surface area (Å²) in [5.41, 5.74) is -0.411. The van der Waals surface area contributed by atoms with Crippen LogP contribution in [0.4, 0.5) is 0 Å². The third-order valence-electron chi connectivity index (χ3n) is 5.30. The van der Waals surface area contributed by atoms with Crippen molar-refractivity contribution in [3.63, 3.8) is 0 Å². The number of carboxylic acids is 2. The minimum Gasteiger partial charge on any atom is -0.480 e. The first kappa shape index (κ1) is 25.5. The van der Waals surface area contributed by atoms with Crippen LogP contribution in [0.5, 0.6) is 0 Å². The summed E-state index contributed by atoms with van der Waals surface area (Å²) in [5, 5.41) is 18.4. The first-order valence-corrected chi connectivity index (χ1v) is 10.4. The zero-order valence-corrected chi connectivity index (χ0v) is 18.4. The molecule has 168 valence electrons. The number of carboxylic acid groups (broad SMARTS) is 2. The van der Waals surface area contributed by atoms with Gasteiger partial charge in [-0.05, 0) is 6.54 Å². The average Bonchev–Trinajstić information content (AvgIpc) is 2.60. The normalized spacial score (nSPS) is 20.0. The van der Waals surface area contributed by atoms with Gasteiger partial charge >= 0.3 is 11.9 Å². The Hall–Kier alpha value is -1.55. The molecule has 9 nitrogen and oxygen atoms in total. The first-order valence-electron chi connectivity index (χ1n) is 10.4. The number of nitrogens with zero attached hydrogens (tertiary/aromatic N) is 4. The van der Waals surface area contributed by atoms with Crippen molar-refractivity contribution in [1.29, 1.82) is 0 Å². The number of aliphatic carboxylic acids is 2. The molecule has 0 spiro atoms. The zero-order valence-electron chi connectivity index (χ0n) is 18.4. The summed E-state index contributed by atoms with van der Waals surface area (Å²) >= 11 is 0. The summed E-state index contributed by atoms with van der Waals surface area (Å²) < 4.78 is 0. The fourth-order valence-corrected chi connectivity index (χ4v) is 3.19. The van der Waals surface area contributed by atoms with Crippen LogP contribution in [0.1, 0.15) is 27.7 Å². The Bertz CT molecular complexity index is 549. The molecule has 1 aliphatic heterocycles. The molecule has 1 saturated heterocycles. The van der Waals surface area contributed by atoms with Crippen LogP contribution < -0.4 is 0 Å². The highest BCUT2D eigenvalue weighted by atomic mass is 16.4. The van der Waals surface area contributed by atoms with Crippen molar-refractivity contribution < 1.29 is 24.6 Å². The molecule has 0 aromatic heterocycles. The van der Waals surface area contributed by atoms with Gasteiger partial charge in [0.15, 0.2) is 5.78 Å². The Morgan fingerprint density at radius 3 is 1.24 bits per heavy atom. The van der Waals surface area contributed by atoms with Gasteiger partial charge in [0.25, 0.3) is 0 Å². The second kappa shape index (κ2) is 12.2. The molecule has 9 heteroatoms. The Kier molecular flexibility index (Phi) is 10.7. The minimum absolute atomic E-state index is 0.0509. The lowest BCUT2D eigenvalue weighted by molar-refractivity contribution is -0.140. The highest BCUT2D eigenvalue weighted by Gasteiger charge is 2.25. The van der Waals surface area contributed by atoms with Crippen molar-refractivity contribution in [2.24, 2.45) is 5.41 Å². The van der Waals surface area contributed by atoms with Crippen molar-refractivity contribution in [3.05, 3.63) is 0 Å². The number of hydrogen-bond donors (Lipinski definition) is 2. The molecule has 0 atom stereocenters. The van der Waals surface area contributed by atoms with E-state index in [4.69, 9.17) is 0 Å². The molecule has 0 amide bonds. The van der Waals surface area contributed by atoms with E-state index in [1.54, 1.807) is 0 Å². The number of ketones is 1. The number of rotatable bonds is 7. The Labute approximate surface area is 174 Å². The monoisotopic (exact) mass is 414 g/mol. The van der Waals surface area contributed by atoms with Crippen LogP contribution in [-0.2, 0) is 14.4 Å². The topological polar surface area (TPSA) is 105 Å². The second-order valence-corrected chi connectivity index (χ2v) is 8.72. The highest BCUT2D eigenvalue weighted by Crippen LogP contribution is 2.15. The molecule has 0 aromatic rings. The van der Waals surface area contributed by atoms with Gasteiger partial charge in [-0.1, -0.05) is 27.7 Å². The molecule has 2 N–H and O–H groups in total. The highest BCUT2D eigenvalue weighted by molar-refractivity contribution is 5.85. The molecule has 0 bridgehead atoms. The van der Waals surface area contributed by atoms with Crippen LogP contribution in [-0.4, -0.2) is 126 Å². The average molecular weight is 415 g/mol. The van der Waals surface area contributed by atoms with E-state index in [1.807, 2.05) is 30.6 Å². The van der Waals surface area contributed by atoms with Gasteiger partial charge in [-0.15, -0.1) is 0 Å². The van der Waals surface area contributed by atoms with Crippen LogP contribution in [0.2, 0.25) is 0 Å². The smallest absolute Gasteiger partial charge is 0.317 e. The quantitative estimate of drug-likeness (QED) is 0.596. The summed E-state index contributed by atoms with van der Waals surface area (Å²) in [5.74, 6) is -1.61. The van der Waals surface area contributed by atoms with Gasteiger partial charge in [0, 0.05) is 57.8 Å². The van der Waals surface area contributed by atoms with E-state index in [0.29, 0.717) is 39.3 Å². The molecule has 0 saturated carbocycles. The molecule has 1 rings (SSSR count). The summed E-state index contributed by atoms with van der Waals surface area (Å²) in [4.78, 5) is 43.0. The fraction of sp³-hybridized carbons (Fsp3) is 0.850. The first-order chi connectivity index (χ1) is 13.5. The maximum absolute atomic E-state index is 12.5. The number of hydrogen-bond acceptors (Lipinski definition) is 7. The van der Waals surface area contributed by atoms with Gasteiger partial charge in [0.2, 0.25) is 0 Å². The number of carbonyl (C=O) groups is 3. The van der Waals surface area contributed by atoms with Crippen LogP contribution in [0.15, 0.2) is 0 Å². The SMILES string of the molecule is CCN1CCN(CC(=O)O)CCN(CC(=O)O)CCN(CC(=O)C(C)(C)C)CC1. The standard InChI is InChI=1S/C20H38N4O5/c1-5-21-6-8-22(14-17(25)20(2,3)4)10-11-24(16-19(28)29)13-12-23(9-7-21)15-18(26)27/h5-16H2,1-4H3,(H,26,27)(H,28,29). The lowest BCUT2D eigenvalue weighted by Gasteiger charge is -2.33. The summed E-state index contributed by atoms with van der Waals surface area (Å²) in [6.45, 7) is 13.8. The van der Waals surface area contributed by atoms with Crippen molar-refractivity contribution >= 4 is 17.7 Å². The van der Waals surface area contributed by atoms with E-state index < -0.39 is 17.4 Å². The lowest BCUT2D eigenvalue weighted by atomic mass is 9.90. The summed E-state index contributed by atoms with van der Waals surface area (Å²) in [7, 11) is 0. The zero-order chi connectivity index (χ0) is 22.0. The van der Waals surface area contributed by atoms with Crippen LogP contribution >= 0.6 is 0 Å². The van der Waals surface area contributed by atoms with Gasteiger partial charge in [0.1, 0.15) is 0 Å². The maximum atomic E-state index is 12.5. The Balaban J connectivity index is 2.90. The molecule has 0 aromatic carbocycles. The molecular weight excluding hydrogens is 376 g/mol. The van der Waals surface area contributed by atoms with E-state index in [9.17, 15) is 24.6 Å². The van der Waals surface area contributed by atoms with E-state index in [2.05, 4.69) is 16.7 Å². The third-order valence-corrected chi connectivity index (χ3v) is 5.30. The molecule has 1 aliphatic rings. The van der Waals surface area contributed by atoms with Gasteiger partial charge in [-0.3, -0.25) is 29.1 Å². The predicted molar refractivity (Wildman–Crippen MR) is 111 cm³/mol. The van der Waals surface area contributed by atoms with Gasteiger partial charge in [0.05, 0.1) is 19.6 Å². The number of carbonyl (C=O) groups excluding carboxylic acids is 1. The van der Waals surface area contributed by atoms with Gasteiger partial charge in [-0.2, -0.15) is 0 Å². The van der Waals surface area contributed by atoms with E-state index in [-0.39, 0.29) is 18.9 Å². The number of likely N-dealkylation sites (N-methyl/N-ethyl adjacent to an activating group) is 1. The second-order valence-electron chi connectivity index (χ2n) is 8.72. The van der Waals surface area contributed by atoms with Crippen LogP contribution in [0.3, 0.4) is 0 Å². The van der Waals surface area contributed by atoms with Crippen molar-refractivity contribution in [3.8, 4) is 0 Å². The molecule has 1 fully saturated rings. The predicted octanol–water partition coefficient (Wildman–Crippen LogP) is 0.0123. The van der Waals surface area contributed by atoms with E-state index >= 15 is 0 Å². The fourth-order valence-electron chi connectivity index (χ4n) is 3.19. The van der Waals surface area contributed by atoms with Gasteiger partial charge < -0.3 is 15.1 Å². The minimum atomic E-state index is -0.906. The largest absolute Gasteiger partial charge is 0.480 e. The maximum Gasteiger partial charge on any atom is 0.317 e. The molecule has 1 heterocycles. The Morgan fingerprint density at radius 1 is 0.655 bits per heavy atom. The lowest BCUT2D eigenvalue weighted by Crippen LogP contribution is -2.49. The van der Waals surface area contributed by atoms with Gasteiger partial charge in [-0.25, -0.2) is 0 Å². The molecule has 0 aliphatic carbocycles. The van der Waals surface area contributed by atoms with Crippen molar-refractivity contribution in [2.45, 2.75) is 27.7 Å². The van der Waals surface area contributed by atoms with Crippen molar-refractivity contribution in [1.82, 2.24) is 19.6 Å². The Morgan fingerprint density at radius 2 is 0.966 bits per heavy atom. The number of Topliss-reactive ketones (excluding diaryl/α,β-unsaturated/α-hetero) is 1. The third kappa shape index (κ3) is 10.7. The van der Waals surface area contributed by atoms with Crippen molar-refractivity contribution in [2.75, 3.05) is 78.5 Å².